The van der Waals surface area contributed by atoms with E-state index in [1.165, 1.54) is 12.1 Å². The number of nitrogens with zero attached hydrogens (tertiary/aromatic N) is 3. The molecule has 1 atom stereocenters. The van der Waals surface area contributed by atoms with E-state index in [2.05, 4.69) is 21.3 Å². The van der Waals surface area contributed by atoms with Crippen molar-refractivity contribution in [3.8, 4) is 18.1 Å². The summed E-state index contributed by atoms with van der Waals surface area (Å²) in [5.41, 5.74) is 9.21. The zero-order valence-corrected chi connectivity index (χ0v) is 9.58. The van der Waals surface area contributed by atoms with E-state index < -0.39 is 11.9 Å². The van der Waals surface area contributed by atoms with Crippen LogP contribution in [0.25, 0.3) is 10.4 Å². The lowest BCUT2D eigenvalue weighted by Crippen LogP contribution is -2.34. The molecule has 0 aliphatic heterocycles. The molecule has 2 N–H and O–H groups in total. The van der Waals surface area contributed by atoms with Gasteiger partial charge in [0.1, 0.15) is 11.8 Å². The first kappa shape index (κ1) is 13.4. The molecular formula is C12H12N4O2. The van der Waals surface area contributed by atoms with Gasteiger partial charge in [-0.3, -0.25) is 4.79 Å². The Morgan fingerprint density at radius 2 is 2.22 bits per heavy atom. The Morgan fingerprint density at radius 1 is 1.56 bits per heavy atom. The summed E-state index contributed by atoms with van der Waals surface area (Å²) in [6.45, 7) is 0.0891. The summed E-state index contributed by atoms with van der Waals surface area (Å²) in [5.74, 6) is 1.98. The molecule has 1 aromatic rings. The summed E-state index contributed by atoms with van der Waals surface area (Å²) in [6.07, 6.45) is 5.27. The van der Waals surface area contributed by atoms with Crippen LogP contribution < -0.4 is 5.32 Å². The topological polar surface area (TPSA) is 98.1 Å². The first-order valence-corrected chi connectivity index (χ1v) is 5.20. The highest BCUT2D eigenvalue weighted by Gasteiger charge is 2.16. The van der Waals surface area contributed by atoms with Crippen molar-refractivity contribution >= 4 is 5.91 Å². The molecule has 92 valence electrons. The fraction of sp³-hybridized carbons (Fsp3) is 0.250. The molecule has 0 saturated heterocycles. The molecule has 1 aromatic carbocycles. The minimum Gasteiger partial charge on any atom is -0.508 e. The molecule has 0 radical (unpaired) electrons. The first-order valence-electron chi connectivity index (χ1n) is 5.20. The summed E-state index contributed by atoms with van der Waals surface area (Å²) < 4.78 is 0. The molecule has 0 bridgehead atoms. The monoisotopic (exact) mass is 244 g/mol. The number of benzene rings is 1. The van der Waals surface area contributed by atoms with Crippen molar-refractivity contribution in [3.05, 3.63) is 40.3 Å². The predicted molar refractivity (Wildman–Crippen MR) is 66.6 cm³/mol. The van der Waals surface area contributed by atoms with Gasteiger partial charge in [0.2, 0.25) is 5.91 Å². The van der Waals surface area contributed by atoms with Crippen LogP contribution in [0.15, 0.2) is 29.4 Å². The first-order chi connectivity index (χ1) is 8.67. The van der Waals surface area contributed by atoms with E-state index in [0.29, 0.717) is 0 Å². The van der Waals surface area contributed by atoms with Crippen LogP contribution >= 0.6 is 0 Å². The molecule has 18 heavy (non-hydrogen) atoms. The quantitative estimate of drug-likeness (QED) is 0.354. The smallest absolute Gasteiger partial charge is 0.230 e. The van der Waals surface area contributed by atoms with Crippen molar-refractivity contribution in [2.24, 2.45) is 5.11 Å². The molecule has 1 rings (SSSR count). The number of aromatic hydroxyl groups is 1. The molecule has 6 nitrogen and oxygen atoms in total. The van der Waals surface area contributed by atoms with Crippen molar-refractivity contribution in [2.45, 2.75) is 12.5 Å². The second-order valence-electron chi connectivity index (χ2n) is 3.51. The number of carbonyl (C=O) groups is 1. The van der Waals surface area contributed by atoms with E-state index in [9.17, 15) is 4.79 Å². The van der Waals surface area contributed by atoms with Crippen LogP contribution in [0.4, 0.5) is 0 Å². The maximum Gasteiger partial charge on any atom is 0.230 e. The van der Waals surface area contributed by atoms with Crippen molar-refractivity contribution in [2.75, 3.05) is 6.54 Å². The summed E-state index contributed by atoms with van der Waals surface area (Å²) in [4.78, 5) is 14.3. The summed E-state index contributed by atoms with van der Waals surface area (Å²) in [6, 6.07) is 5.46. The molecule has 0 aromatic heterocycles. The standard InChI is InChI=1S/C12H12N4O2/c1-2-7-14-12(18)11(15-16-13)8-9-3-5-10(17)6-4-9/h1,3-6,11,17H,7-8H2,(H,14,18)/t11-/m1/s1. The fourth-order valence-electron chi connectivity index (χ4n) is 1.36. The minimum absolute atomic E-state index is 0.0891. The van der Waals surface area contributed by atoms with Crippen molar-refractivity contribution in [3.63, 3.8) is 0 Å². The van der Waals surface area contributed by atoms with E-state index in [1.54, 1.807) is 12.1 Å². The molecule has 6 heteroatoms. The predicted octanol–water partition coefficient (Wildman–Crippen LogP) is 1.36. The number of phenols is 1. The number of hydrogen-bond acceptors (Lipinski definition) is 3. The van der Waals surface area contributed by atoms with Gasteiger partial charge in [0.15, 0.2) is 0 Å². The fourth-order valence-corrected chi connectivity index (χ4v) is 1.36. The van der Waals surface area contributed by atoms with Crippen molar-refractivity contribution < 1.29 is 9.90 Å². The van der Waals surface area contributed by atoms with Crippen LogP contribution in [0.1, 0.15) is 5.56 Å². The summed E-state index contributed by atoms with van der Waals surface area (Å²) >= 11 is 0. The van der Waals surface area contributed by atoms with Gasteiger partial charge in [-0.05, 0) is 29.6 Å². The molecule has 0 fully saturated rings. The summed E-state index contributed by atoms with van der Waals surface area (Å²) in [5, 5.41) is 15.0. The number of terminal acetylenes is 1. The van der Waals surface area contributed by atoms with Crippen LogP contribution in [0.2, 0.25) is 0 Å². The molecule has 0 saturated carbocycles. The zero-order chi connectivity index (χ0) is 13.4. The van der Waals surface area contributed by atoms with Gasteiger partial charge in [-0.1, -0.05) is 23.2 Å². The van der Waals surface area contributed by atoms with Crippen LogP contribution in [0.5, 0.6) is 5.75 Å². The highest BCUT2D eigenvalue weighted by Crippen LogP contribution is 2.12. The zero-order valence-electron chi connectivity index (χ0n) is 9.58. The SMILES string of the molecule is C#CCNC(=O)[C@@H](Cc1ccc(O)cc1)N=[N+]=[N-]. The van der Waals surface area contributed by atoms with Gasteiger partial charge in [-0.15, -0.1) is 6.42 Å². The van der Waals surface area contributed by atoms with Gasteiger partial charge in [-0.25, -0.2) is 0 Å². The third-order valence-electron chi connectivity index (χ3n) is 2.22. The van der Waals surface area contributed by atoms with Crippen molar-refractivity contribution in [1.82, 2.24) is 5.32 Å². The summed E-state index contributed by atoms with van der Waals surface area (Å²) in [7, 11) is 0. The molecule has 0 aliphatic carbocycles. The number of hydrogen-bond donors (Lipinski definition) is 2. The number of rotatable bonds is 5. The molecule has 0 heterocycles. The highest BCUT2D eigenvalue weighted by molar-refractivity contribution is 5.82. The van der Waals surface area contributed by atoms with E-state index >= 15 is 0 Å². The maximum atomic E-state index is 11.6. The normalized spacial score (nSPS) is 10.8. The Kier molecular flexibility index (Phi) is 5.10. The van der Waals surface area contributed by atoms with Gasteiger partial charge < -0.3 is 10.4 Å². The van der Waals surface area contributed by atoms with Crippen LogP contribution in [0.3, 0.4) is 0 Å². The Hall–Kier alpha value is -2.64. The molecule has 0 unspecified atom stereocenters. The van der Waals surface area contributed by atoms with E-state index in [-0.39, 0.29) is 18.7 Å². The van der Waals surface area contributed by atoms with Gasteiger partial charge in [-0.2, -0.15) is 0 Å². The second kappa shape index (κ2) is 6.84. The van der Waals surface area contributed by atoms with Gasteiger partial charge >= 0.3 is 0 Å². The maximum absolute atomic E-state index is 11.6. The lowest BCUT2D eigenvalue weighted by Gasteiger charge is -2.10. The number of carbonyl (C=O) groups excluding carboxylic acids is 1. The van der Waals surface area contributed by atoms with E-state index in [4.69, 9.17) is 17.1 Å². The van der Waals surface area contributed by atoms with E-state index in [1.807, 2.05) is 0 Å². The largest absolute Gasteiger partial charge is 0.508 e. The Balaban J connectivity index is 2.74. The van der Waals surface area contributed by atoms with E-state index in [0.717, 1.165) is 5.56 Å². The Morgan fingerprint density at radius 3 is 2.78 bits per heavy atom. The van der Waals surface area contributed by atoms with Gasteiger partial charge in [0.25, 0.3) is 0 Å². The highest BCUT2D eigenvalue weighted by atomic mass is 16.3. The minimum atomic E-state index is -0.854. The lowest BCUT2D eigenvalue weighted by atomic mass is 10.1. The third-order valence-corrected chi connectivity index (χ3v) is 2.22. The lowest BCUT2D eigenvalue weighted by molar-refractivity contribution is -0.122. The number of nitrogens with one attached hydrogen (secondary N) is 1. The van der Waals surface area contributed by atoms with Gasteiger partial charge in [0, 0.05) is 4.91 Å². The Bertz CT molecular complexity index is 498. The van der Waals surface area contributed by atoms with Crippen molar-refractivity contribution in [1.29, 1.82) is 0 Å². The van der Waals surface area contributed by atoms with Gasteiger partial charge in [0.05, 0.1) is 6.54 Å². The average molecular weight is 244 g/mol. The number of amides is 1. The number of azide groups is 1. The average Bonchev–Trinajstić information content (AvgIpc) is 2.38. The molecule has 1 amide bonds. The van der Waals surface area contributed by atoms with Crippen LogP contribution in [0, 0.1) is 12.3 Å². The third kappa shape index (κ3) is 4.08. The number of phenolic OH excluding ortho intramolecular Hbond substituents is 1. The molecular weight excluding hydrogens is 232 g/mol. The molecule has 0 spiro atoms. The second-order valence-corrected chi connectivity index (χ2v) is 3.51. The molecule has 0 aliphatic rings. The Labute approximate surface area is 104 Å². The van der Waals surface area contributed by atoms with Crippen LogP contribution in [-0.2, 0) is 11.2 Å². The van der Waals surface area contributed by atoms with Crippen LogP contribution in [-0.4, -0.2) is 23.6 Å².